The fraction of sp³-hybridized carbons (Fsp3) is 0.778. The second-order valence-electron chi connectivity index (χ2n) is 16.0. The number of piperidine rings is 1. The molecule has 4 rings (SSSR count). The molecule has 49 heavy (non-hydrogen) atoms. The molecule has 0 aromatic carbocycles. The molecule has 1 saturated heterocycles. The number of likely N-dealkylation sites (tertiary alicyclic amines) is 1. The lowest BCUT2D eigenvalue weighted by Crippen LogP contribution is -2.62. The molecule has 0 bridgehead atoms. The average molecular weight is 688 g/mol. The number of hydrogen-bond acceptors (Lipinski definition) is 8. The summed E-state index contributed by atoms with van der Waals surface area (Å²) in [6.45, 7) is 15.8. The summed E-state index contributed by atoms with van der Waals surface area (Å²) >= 11 is 0. The van der Waals surface area contributed by atoms with E-state index in [4.69, 9.17) is 9.47 Å². The van der Waals surface area contributed by atoms with Crippen molar-refractivity contribution in [1.82, 2.24) is 26.2 Å². The topological polar surface area (TPSA) is 172 Å². The molecule has 3 aliphatic carbocycles. The smallest absolute Gasteiger partial charge is 0.434 e. The minimum atomic E-state index is -1.04. The molecule has 4 aliphatic rings. The number of carbonyl (C=O) groups excluding carboxylic acids is 6. The van der Waals surface area contributed by atoms with E-state index in [2.05, 4.69) is 41.7 Å². The average Bonchev–Trinajstić information content (AvgIpc) is 3.76. The van der Waals surface area contributed by atoms with Gasteiger partial charge in [0.15, 0.2) is 0 Å². The molecule has 6 atom stereocenters. The number of urea groups is 1. The first-order chi connectivity index (χ1) is 23.1. The van der Waals surface area contributed by atoms with Crippen LogP contribution in [-0.2, 0) is 28.7 Å². The number of rotatable bonds is 16. The number of carbonyl (C=O) groups is 6. The van der Waals surface area contributed by atoms with Gasteiger partial charge in [0.25, 0.3) is 5.91 Å². The molecule has 4 fully saturated rings. The van der Waals surface area contributed by atoms with Gasteiger partial charge in [0, 0.05) is 13.1 Å². The van der Waals surface area contributed by atoms with Crippen LogP contribution in [0.1, 0.15) is 92.9 Å². The molecular weight excluding hydrogens is 630 g/mol. The third-order valence-electron chi connectivity index (χ3n) is 10.8. The highest BCUT2D eigenvalue weighted by Gasteiger charge is 2.70. The van der Waals surface area contributed by atoms with Gasteiger partial charge in [0.1, 0.15) is 18.7 Å². The van der Waals surface area contributed by atoms with E-state index in [1.807, 2.05) is 27.7 Å². The van der Waals surface area contributed by atoms with Crippen LogP contribution in [0.4, 0.5) is 9.59 Å². The molecule has 274 valence electrons. The van der Waals surface area contributed by atoms with E-state index in [1.54, 1.807) is 0 Å². The van der Waals surface area contributed by atoms with E-state index in [-0.39, 0.29) is 42.7 Å². The van der Waals surface area contributed by atoms with Crippen molar-refractivity contribution in [2.24, 2.45) is 34.5 Å². The van der Waals surface area contributed by atoms with Gasteiger partial charge in [-0.25, -0.2) is 9.59 Å². The van der Waals surface area contributed by atoms with E-state index in [0.29, 0.717) is 25.5 Å². The minimum absolute atomic E-state index is 0.0359. The summed E-state index contributed by atoms with van der Waals surface area (Å²) in [7, 11) is 0. The number of nitrogens with one attached hydrogen (secondary N) is 4. The first-order valence-electron chi connectivity index (χ1n) is 18.0. The van der Waals surface area contributed by atoms with Crippen molar-refractivity contribution in [2.45, 2.75) is 117 Å². The molecule has 0 spiro atoms. The summed E-state index contributed by atoms with van der Waals surface area (Å²) in [6, 6.07) is -3.92. The van der Waals surface area contributed by atoms with Gasteiger partial charge in [-0.15, -0.1) is 6.58 Å². The Kier molecular flexibility index (Phi) is 12.4. The highest BCUT2D eigenvalue weighted by molar-refractivity contribution is 6.38. The maximum absolute atomic E-state index is 14.4. The standard InChI is InChI=1S/C36H57N5O8/c1-8-12-24(28(42)31(44)37-17-9-2)38-30(43)27-26-23(36(26,6)7)18-41(27)32(45)29(35(3,4)5)40-33(46)39-25(22-13-10-11-14-22)20-49-34(47)48-19-21-15-16-21/h9,21-27,29H,2,8,10-20H2,1,3-7H3,(H,37,44)(H,38,43)(H2,39,40,46)/t23-,24?,25+,26-,27-,29+/m0/s1. The molecular formula is C36H57N5O8. The van der Waals surface area contributed by atoms with Crippen LogP contribution in [0.5, 0.6) is 0 Å². The zero-order valence-corrected chi connectivity index (χ0v) is 30.1. The summed E-state index contributed by atoms with van der Waals surface area (Å²) < 4.78 is 10.6. The number of Topliss-reactive ketones (excluding diaryl/α,β-unsaturated/α-hetero) is 1. The third kappa shape index (κ3) is 9.54. The number of hydrogen-bond donors (Lipinski definition) is 4. The Morgan fingerprint density at radius 2 is 1.65 bits per heavy atom. The monoisotopic (exact) mass is 687 g/mol. The number of fused-ring (bicyclic) bond motifs is 1. The lowest BCUT2D eigenvalue weighted by atomic mass is 9.85. The van der Waals surface area contributed by atoms with E-state index in [0.717, 1.165) is 38.5 Å². The van der Waals surface area contributed by atoms with Gasteiger partial charge in [-0.3, -0.25) is 19.2 Å². The van der Waals surface area contributed by atoms with Crippen LogP contribution in [0.3, 0.4) is 0 Å². The SMILES string of the molecule is C=CCNC(=O)C(=O)C(CCC)NC(=O)[C@@H]1[C@@H]2[C@H](CN1C(=O)[C@@H](NC(=O)N[C@H](COC(=O)OCC1CC1)C1CCCC1)C(C)(C)C)C2(C)C. The summed E-state index contributed by atoms with van der Waals surface area (Å²) in [5, 5.41) is 11.1. The fourth-order valence-corrected chi connectivity index (χ4v) is 7.52. The van der Waals surface area contributed by atoms with Crippen molar-refractivity contribution in [3.8, 4) is 0 Å². The number of ether oxygens (including phenoxy) is 2. The van der Waals surface area contributed by atoms with Crippen LogP contribution in [0, 0.1) is 34.5 Å². The molecule has 3 saturated carbocycles. The predicted molar refractivity (Wildman–Crippen MR) is 182 cm³/mol. The van der Waals surface area contributed by atoms with Crippen LogP contribution in [0.25, 0.3) is 0 Å². The second kappa shape index (κ2) is 15.9. The predicted octanol–water partition coefficient (Wildman–Crippen LogP) is 3.46. The molecule has 0 radical (unpaired) electrons. The van der Waals surface area contributed by atoms with Crippen molar-refractivity contribution in [3.05, 3.63) is 12.7 Å². The zero-order chi connectivity index (χ0) is 36.1. The van der Waals surface area contributed by atoms with Gasteiger partial charge in [0.2, 0.25) is 17.6 Å². The van der Waals surface area contributed by atoms with Gasteiger partial charge in [0.05, 0.1) is 18.7 Å². The molecule has 13 heteroatoms. The Bertz CT molecular complexity index is 1270. The summed E-state index contributed by atoms with van der Waals surface area (Å²) in [6.07, 6.45) is 7.41. The highest BCUT2D eigenvalue weighted by atomic mass is 16.7. The molecule has 1 aliphatic heterocycles. The van der Waals surface area contributed by atoms with E-state index >= 15 is 0 Å². The van der Waals surface area contributed by atoms with Crippen LogP contribution >= 0.6 is 0 Å². The number of ketones is 1. The van der Waals surface area contributed by atoms with Gasteiger partial charge >= 0.3 is 12.2 Å². The van der Waals surface area contributed by atoms with Gasteiger partial charge < -0.3 is 35.6 Å². The van der Waals surface area contributed by atoms with Crippen LogP contribution in [0.15, 0.2) is 12.7 Å². The molecule has 0 aromatic heterocycles. The zero-order valence-electron chi connectivity index (χ0n) is 30.1. The molecule has 13 nitrogen and oxygen atoms in total. The van der Waals surface area contributed by atoms with E-state index in [1.165, 1.54) is 11.0 Å². The Balaban J connectivity index is 1.46. The Labute approximate surface area is 290 Å². The van der Waals surface area contributed by atoms with Gasteiger partial charge in [-0.2, -0.15) is 0 Å². The third-order valence-corrected chi connectivity index (χ3v) is 10.8. The van der Waals surface area contributed by atoms with Gasteiger partial charge in [-0.05, 0) is 66.6 Å². The first kappa shape index (κ1) is 38.2. The lowest BCUT2D eigenvalue weighted by molar-refractivity contribution is -0.145. The number of nitrogens with zero attached hydrogens (tertiary/aromatic N) is 1. The largest absolute Gasteiger partial charge is 0.508 e. The summed E-state index contributed by atoms with van der Waals surface area (Å²) in [5.41, 5.74) is -0.922. The minimum Gasteiger partial charge on any atom is -0.434 e. The normalized spacial score (nSPS) is 24.4. The molecule has 1 heterocycles. The summed E-state index contributed by atoms with van der Waals surface area (Å²) in [4.78, 5) is 81.0. The molecule has 0 aromatic rings. The van der Waals surface area contributed by atoms with Crippen molar-refractivity contribution in [1.29, 1.82) is 0 Å². The molecule has 5 amide bonds. The first-order valence-corrected chi connectivity index (χ1v) is 18.0. The van der Waals surface area contributed by atoms with E-state index in [9.17, 15) is 28.8 Å². The van der Waals surface area contributed by atoms with Crippen molar-refractivity contribution in [3.63, 3.8) is 0 Å². The Morgan fingerprint density at radius 1 is 0.980 bits per heavy atom. The maximum atomic E-state index is 14.4. The van der Waals surface area contributed by atoms with E-state index < -0.39 is 65.3 Å². The van der Waals surface area contributed by atoms with Crippen molar-refractivity contribution in [2.75, 3.05) is 26.3 Å². The number of amides is 5. The van der Waals surface area contributed by atoms with Crippen LogP contribution in [0.2, 0.25) is 0 Å². The molecule has 4 N–H and O–H groups in total. The highest BCUT2D eigenvalue weighted by Crippen LogP contribution is 2.65. The van der Waals surface area contributed by atoms with Crippen molar-refractivity contribution >= 4 is 35.7 Å². The molecule has 1 unspecified atom stereocenters. The van der Waals surface area contributed by atoms with Crippen molar-refractivity contribution < 1.29 is 38.2 Å². The Morgan fingerprint density at radius 3 is 2.24 bits per heavy atom. The lowest BCUT2D eigenvalue weighted by Gasteiger charge is -2.38. The van der Waals surface area contributed by atoms with Crippen LogP contribution < -0.4 is 21.3 Å². The Hall–Kier alpha value is -3.64. The summed E-state index contributed by atoms with van der Waals surface area (Å²) in [5.74, 6) is -1.98. The van der Waals surface area contributed by atoms with Gasteiger partial charge in [-0.1, -0.05) is 66.9 Å². The maximum Gasteiger partial charge on any atom is 0.508 e. The second-order valence-corrected chi connectivity index (χ2v) is 16.0. The fourth-order valence-electron chi connectivity index (χ4n) is 7.52. The van der Waals surface area contributed by atoms with Crippen LogP contribution in [-0.4, -0.2) is 91.1 Å². The quantitative estimate of drug-likeness (QED) is 0.109.